The van der Waals surface area contributed by atoms with Crippen LogP contribution >= 0.6 is 22.9 Å². The smallest absolute Gasteiger partial charge is 0.262 e. The summed E-state index contributed by atoms with van der Waals surface area (Å²) in [7, 11) is 0. The van der Waals surface area contributed by atoms with Gasteiger partial charge in [0.05, 0.1) is 11.7 Å². The highest BCUT2D eigenvalue weighted by Gasteiger charge is 2.20. The van der Waals surface area contributed by atoms with Gasteiger partial charge in [-0.05, 0) is 61.9 Å². The van der Waals surface area contributed by atoms with Crippen molar-refractivity contribution in [1.82, 2.24) is 9.55 Å². The van der Waals surface area contributed by atoms with Gasteiger partial charge in [-0.25, -0.2) is 4.98 Å². The third kappa shape index (κ3) is 3.64. The summed E-state index contributed by atoms with van der Waals surface area (Å²) in [5, 5.41) is 4.27. The molecule has 3 aromatic rings. The Bertz CT molecular complexity index is 1090. The van der Waals surface area contributed by atoms with E-state index in [1.54, 1.807) is 40.4 Å². The summed E-state index contributed by atoms with van der Waals surface area (Å²) in [5.74, 6) is -0.139. The van der Waals surface area contributed by atoms with E-state index in [2.05, 4.69) is 10.3 Å². The minimum absolute atomic E-state index is 0.0325. The van der Waals surface area contributed by atoms with Crippen LogP contribution in [-0.4, -0.2) is 15.5 Å². The Kier molecular flexibility index (Phi) is 5.02. The highest BCUT2D eigenvalue weighted by molar-refractivity contribution is 7.18. The molecular formula is C20H20ClN3O2S. The number of nitrogens with zero attached hydrogens (tertiary/aromatic N) is 2. The average molecular weight is 402 g/mol. The van der Waals surface area contributed by atoms with Crippen molar-refractivity contribution in [2.45, 2.75) is 45.6 Å². The number of amides is 1. The number of aryl methyl sites for hydroxylation is 4. The largest absolute Gasteiger partial charge is 0.326 e. The van der Waals surface area contributed by atoms with Crippen LogP contribution in [0.15, 0.2) is 29.3 Å². The normalized spacial score (nSPS) is 13.6. The van der Waals surface area contributed by atoms with Crippen molar-refractivity contribution in [2.24, 2.45) is 0 Å². The first-order valence-electron chi connectivity index (χ1n) is 9.08. The van der Waals surface area contributed by atoms with E-state index in [0.29, 0.717) is 11.6 Å². The van der Waals surface area contributed by atoms with Crippen LogP contribution in [0.4, 0.5) is 5.69 Å². The zero-order valence-corrected chi connectivity index (χ0v) is 16.6. The molecule has 1 aliphatic rings. The second-order valence-electron chi connectivity index (χ2n) is 6.89. The number of hydrogen-bond acceptors (Lipinski definition) is 4. The molecule has 7 heteroatoms. The van der Waals surface area contributed by atoms with E-state index in [1.165, 1.54) is 16.9 Å². The summed E-state index contributed by atoms with van der Waals surface area (Å²) in [5.41, 5.74) is 2.78. The molecule has 0 spiro atoms. The summed E-state index contributed by atoms with van der Waals surface area (Å²) >= 11 is 7.58. The maximum absolute atomic E-state index is 12.9. The maximum Gasteiger partial charge on any atom is 0.262 e. The van der Waals surface area contributed by atoms with Crippen molar-refractivity contribution in [3.8, 4) is 0 Å². The van der Waals surface area contributed by atoms with Crippen molar-refractivity contribution in [1.29, 1.82) is 0 Å². The van der Waals surface area contributed by atoms with Crippen LogP contribution in [0.1, 0.15) is 35.3 Å². The molecular weight excluding hydrogens is 382 g/mol. The zero-order chi connectivity index (χ0) is 19.0. The Hall–Kier alpha value is -2.18. The molecule has 0 fully saturated rings. The molecule has 2 heterocycles. The molecule has 27 heavy (non-hydrogen) atoms. The number of thiophene rings is 1. The number of carbonyl (C=O) groups is 1. The van der Waals surface area contributed by atoms with Gasteiger partial charge in [0.2, 0.25) is 5.91 Å². The van der Waals surface area contributed by atoms with Gasteiger partial charge in [0.25, 0.3) is 5.56 Å². The Balaban J connectivity index is 1.51. The van der Waals surface area contributed by atoms with Gasteiger partial charge in [-0.2, -0.15) is 0 Å². The standard InChI is InChI=1S/C20H20ClN3O2S/c1-12-10-13(21)6-7-15(12)23-17(25)8-9-24-11-22-19-18(20(24)26)14-4-2-3-5-16(14)27-19/h6-7,10-11H,2-5,8-9H2,1H3,(H,23,25). The van der Waals surface area contributed by atoms with E-state index in [9.17, 15) is 9.59 Å². The molecule has 1 aromatic carbocycles. The van der Waals surface area contributed by atoms with Gasteiger partial charge in [0.1, 0.15) is 4.83 Å². The molecule has 5 nitrogen and oxygen atoms in total. The summed E-state index contributed by atoms with van der Waals surface area (Å²) < 4.78 is 1.55. The second kappa shape index (κ2) is 7.44. The molecule has 1 amide bonds. The van der Waals surface area contributed by atoms with Crippen LogP contribution in [0.25, 0.3) is 10.2 Å². The lowest BCUT2D eigenvalue weighted by Crippen LogP contribution is -2.24. The molecule has 0 aliphatic heterocycles. The van der Waals surface area contributed by atoms with Gasteiger partial charge < -0.3 is 5.32 Å². The lowest BCUT2D eigenvalue weighted by atomic mass is 9.97. The predicted molar refractivity (Wildman–Crippen MR) is 110 cm³/mol. The number of benzene rings is 1. The minimum Gasteiger partial charge on any atom is -0.326 e. The molecule has 140 valence electrons. The van der Waals surface area contributed by atoms with E-state index in [4.69, 9.17) is 11.6 Å². The number of hydrogen-bond donors (Lipinski definition) is 1. The van der Waals surface area contributed by atoms with Crippen LogP contribution in [0.5, 0.6) is 0 Å². The number of nitrogens with one attached hydrogen (secondary N) is 1. The van der Waals surface area contributed by atoms with Gasteiger partial charge in [0.15, 0.2) is 0 Å². The highest BCUT2D eigenvalue weighted by Crippen LogP contribution is 2.33. The van der Waals surface area contributed by atoms with Gasteiger partial charge in [-0.15, -0.1) is 11.3 Å². The van der Waals surface area contributed by atoms with Gasteiger partial charge in [-0.1, -0.05) is 11.6 Å². The van der Waals surface area contributed by atoms with Gasteiger partial charge >= 0.3 is 0 Å². The van der Waals surface area contributed by atoms with Crippen molar-refractivity contribution >= 4 is 44.7 Å². The summed E-state index contributed by atoms with van der Waals surface area (Å²) in [6.07, 6.45) is 6.06. The minimum atomic E-state index is -0.139. The summed E-state index contributed by atoms with van der Waals surface area (Å²) in [4.78, 5) is 31.8. The Morgan fingerprint density at radius 2 is 2.15 bits per heavy atom. The average Bonchev–Trinajstić information content (AvgIpc) is 3.03. The lowest BCUT2D eigenvalue weighted by molar-refractivity contribution is -0.116. The molecule has 0 unspecified atom stereocenters. The molecule has 2 aromatic heterocycles. The van der Waals surface area contributed by atoms with E-state index in [-0.39, 0.29) is 17.9 Å². The zero-order valence-electron chi connectivity index (χ0n) is 15.0. The van der Waals surface area contributed by atoms with E-state index >= 15 is 0 Å². The van der Waals surface area contributed by atoms with Crippen molar-refractivity contribution in [3.63, 3.8) is 0 Å². The van der Waals surface area contributed by atoms with Crippen LogP contribution in [0.2, 0.25) is 5.02 Å². The van der Waals surface area contributed by atoms with Crippen LogP contribution in [-0.2, 0) is 24.2 Å². The first-order valence-corrected chi connectivity index (χ1v) is 10.3. The quantitative estimate of drug-likeness (QED) is 0.707. The SMILES string of the molecule is Cc1cc(Cl)ccc1NC(=O)CCn1cnc2sc3c(c2c1=O)CCCC3. The van der Waals surface area contributed by atoms with Crippen molar-refractivity contribution in [3.05, 3.63) is 55.9 Å². The molecule has 0 saturated carbocycles. The van der Waals surface area contributed by atoms with Gasteiger partial charge in [0, 0.05) is 28.6 Å². The number of anilines is 1. The number of rotatable bonds is 4. The number of halogens is 1. The fourth-order valence-electron chi connectivity index (χ4n) is 3.54. The first-order chi connectivity index (χ1) is 13.0. The third-order valence-corrected chi connectivity index (χ3v) is 6.42. The monoisotopic (exact) mass is 401 g/mol. The van der Waals surface area contributed by atoms with Crippen LogP contribution in [0.3, 0.4) is 0 Å². The summed E-state index contributed by atoms with van der Waals surface area (Å²) in [6, 6.07) is 5.33. The number of carbonyl (C=O) groups excluding carboxylic acids is 1. The molecule has 0 radical (unpaired) electrons. The Labute approximate surface area is 166 Å². The number of aromatic nitrogens is 2. The van der Waals surface area contributed by atoms with E-state index in [1.807, 2.05) is 6.92 Å². The van der Waals surface area contributed by atoms with Crippen LogP contribution < -0.4 is 10.9 Å². The van der Waals surface area contributed by atoms with E-state index < -0.39 is 0 Å². The van der Waals surface area contributed by atoms with Gasteiger partial charge in [-0.3, -0.25) is 14.2 Å². The third-order valence-electron chi connectivity index (χ3n) is 4.98. The molecule has 1 aliphatic carbocycles. The van der Waals surface area contributed by atoms with E-state index in [0.717, 1.165) is 40.7 Å². The fraction of sp³-hybridized carbons (Fsp3) is 0.350. The second-order valence-corrected chi connectivity index (χ2v) is 8.41. The Morgan fingerprint density at radius 1 is 1.33 bits per heavy atom. The molecule has 0 atom stereocenters. The fourth-order valence-corrected chi connectivity index (χ4v) is 4.99. The van der Waals surface area contributed by atoms with Crippen molar-refractivity contribution in [2.75, 3.05) is 5.32 Å². The molecule has 1 N–H and O–H groups in total. The van der Waals surface area contributed by atoms with Crippen molar-refractivity contribution < 1.29 is 4.79 Å². The lowest BCUT2D eigenvalue weighted by Gasteiger charge is -2.11. The van der Waals surface area contributed by atoms with Crippen LogP contribution in [0, 0.1) is 6.92 Å². The highest BCUT2D eigenvalue weighted by atomic mass is 35.5. The Morgan fingerprint density at radius 3 is 2.96 bits per heavy atom. The number of fused-ring (bicyclic) bond motifs is 3. The maximum atomic E-state index is 12.9. The molecule has 0 bridgehead atoms. The predicted octanol–water partition coefficient (Wildman–Crippen LogP) is 4.33. The molecule has 0 saturated heterocycles. The summed E-state index contributed by atoms with van der Waals surface area (Å²) in [6.45, 7) is 2.20. The topological polar surface area (TPSA) is 64.0 Å². The molecule has 4 rings (SSSR count). The first kappa shape index (κ1) is 18.2.